The van der Waals surface area contributed by atoms with Crippen molar-refractivity contribution in [2.45, 2.75) is 465 Å². The molecular weight excluding hydrogens is 1330 g/mol. The quantitative estimate of drug-likeness (QED) is 0.0199. The van der Waals surface area contributed by atoms with E-state index in [4.69, 9.17) is 28.4 Å². The molecule has 0 bridgehead atoms. The van der Waals surface area contributed by atoms with E-state index in [1.807, 2.05) is 0 Å². The van der Waals surface area contributed by atoms with Crippen molar-refractivity contribution in [1.82, 2.24) is 5.32 Å². The van der Waals surface area contributed by atoms with E-state index in [1.165, 1.54) is 257 Å². The monoisotopic (exact) mass is 1490 g/mol. The number of nitrogens with one attached hydrogen (secondary N) is 1. The van der Waals surface area contributed by atoms with Crippen molar-refractivity contribution in [3.63, 3.8) is 0 Å². The lowest BCUT2D eigenvalue weighted by atomic mass is 9.96. The fourth-order valence-electron chi connectivity index (χ4n) is 14.8. The van der Waals surface area contributed by atoms with Gasteiger partial charge in [-0.3, -0.25) is 4.79 Å². The van der Waals surface area contributed by atoms with Crippen molar-refractivity contribution in [3.8, 4) is 0 Å². The summed E-state index contributed by atoms with van der Waals surface area (Å²) in [5.74, 6) is -0.236. The first-order chi connectivity index (χ1) is 51.3. The summed E-state index contributed by atoms with van der Waals surface area (Å²) in [6, 6.07) is -0.888. The number of hydrogen-bond donors (Lipinski definition) is 12. The van der Waals surface area contributed by atoms with E-state index in [2.05, 4.69) is 67.8 Å². The van der Waals surface area contributed by atoms with Gasteiger partial charge in [-0.05, 0) is 51.4 Å². The van der Waals surface area contributed by atoms with Crippen LogP contribution in [0.1, 0.15) is 361 Å². The zero-order chi connectivity index (χ0) is 76.0. The van der Waals surface area contributed by atoms with Crippen LogP contribution in [0, 0.1) is 0 Å². The Labute approximate surface area is 637 Å². The van der Waals surface area contributed by atoms with Gasteiger partial charge in [-0.15, -0.1) is 0 Å². The van der Waals surface area contributed by atoms with Crippen molar-refractivity contribution in [2.75, 3.05) is 26.4 Å². The van der Waals surface area contributed by atoms with Gasteiger partial charge in [0.05, 0.1) is 38.6 Å². The molecule has 3 aliphatic rings. The molecule has 0 aromatic carbocycles. The fourth-order valence-corrected chi connectivity index (χ4v) is 14.8. The van der Waals surface area contributed by atoms with Crippen LogP contribution in [0.2, 0.25) is 0 Å². The lowest BCUT2D eigenvalue weighted by Crippen LogP contribution is -2.66. The summed E-state index contributed by atoms with van der Waals surface area (Å²) in [5, 5.41) is 121. The molecule has 0 saturated carbocycles. The average Bonchev–Trinajstić information content (AvgIpc) is 0.780. The van der Waals surface area contributed by atoms with Crippen LogP contribution < -0.4 is 5.32 Å². The molecule has 3 fully saturated rings. The minimum absolute atomic E-state index is 0.236. The molecule has 3 rings (SSSR count). The predicted octanol–water partition coefficient (Wildman–Crippen LogP) is 15.6. The Morgan fingerprint density at radius 1 is 0.352 bits per heavy atom. The summed E-state index contributed by atoms with van der Waals surface area (Å²) >= 11 is 0. The molecular formula is C86H159NO18. The van der Waals surface area contributed by atoms with Gasteiger partial charge in [0.2, 0.25) is 5.91 Å². The summed E-state index contributed by atoms with van der Waals surface area (Å²) < 4.78 is 34.6. The Bertz CT molecular complexity index is 2080. The van der Waals surface area contributed by atoms with Crippen LogP contribution in [-0.2, 0) is 33.2 Å². The third-order valence-electron chi connectivity index (χ3n) is 21.7. The predicted molar refractivity (Wildman–Crippen MR) is 420 cm³/mol. The van der Waals surface area contributed by atoms with Crippen LogP contribution in [0.15, 0.2) is 48.6 Å². The molecule has 0 aromatic rings. The van der Waals surface area contributed by atoms with E-state index in [0.29, 0.717) is 12.8 Å². The molecule has 1 amide bonds. The number of ether oxygens (including phenoxy) is 6. The Morgan fingerprint density at radius 3 is 1.03 bits per heavy atom. The molecule has 3 saturated heterocycles. The maximum atomic E-state index is 13.5. The smallest absolute Gasteiger partial charge is 0.220 e. The van der Waals surface area contributed by atoms with Crippen LogP contribution in [-0.4, -0.2) is 193 Å². The molecule has 3 aliphatic heterocycles. The lowest BCUT2D eigenvalue weighted by Gasteiger charge is -2.48. The van der Waals surface area contributed by atoms with Gasteiger partial charge in [-0.1, -0.05) is 351 Å². The Hall–Kier alpha value is -2.25. The number of rotatable bonds is 70. The van der Waals surface area contributed by atoms with Crippen molar-refractivity contribution >= 4 is 5.91 Å². The highest BCUT2D eigenvalue weighted by atomic mass is 16.8. The van der Waals surface area contributed by atoms with Gasteiger partial charge in [0.1, 0.15) is 73.2 Å². The molecule has 0 aliphatic carbocycles. The van der Waals surface area contributed by atoms with Gasteiger partial charge in [-0.25, -0.2) is 0 Å². The van der Waals surface area contributed by atoms with E-state index in [9.17, 15) is 61.0 Å². The van der Waals surface area contributed by atoms with Gasteiger partial charge >= 0.3 is 0 Å². The molecule has 17 unspecified atom stereocenters. The second-order valence-electron chi connectivity index (χ2n) is 31.0. The van der Waals surface area contributed by atoms with Gasteiger partial charge in [0.15, 0.2) is 18.9 Å². The second kappa shape index (κ2) is 66.4. The van der Waals surface area contributed by atoms with Gasteiger partial charge in [-0.2, -0.15) is 0 Å². The van der Waals surface area contributed by atoms with E-state index in [1.54, 1.807) is 0 Å². The van der Waals surface area contributed by atoms with Gasteiger partial charge < -0.3 is 89.9 Å². The number of carbonyl (C=O) groups is 1. The zero-order valence-corrected chi connectivity index (χ0v) is 66.2. The van der Waals surface area contributed by atoms with Crippen molar-refractivity contribution in [1.29, 1.82) is 0 Å². The first-order valence-corrected chi connectivity index (χ1v) is 43.4. The largest absolute Gasteiger partial charge is 0.394 e. The molecule has 0 spiro atoms. The fraction of sp³-hybridized carbons (Fsp3) is 0.895. The topological polar surface area (TPSA) is 307 Å². The number of aliphatic hydroxyl groups is 11. The highest BCUT2D eigenvalue weighted by Crippen LogP contribution is 2.34. The van der Waals surface area contributed by atoms with Crippen LogP contribution in [0.5, 0.6) is 0 Å². The Balaban J connectivity index is 1.33. The standard InChI is InChI=1S/C86H159NO18/c1-3-5-7-9-11-13-15-17-19-21-23-25-27-29-31-32-33-34-35-36-38-40-42-44-46-48-50-52-54-56-58-60-62-64-74(92)87-69(70(91)63-61-59-57-55-53-51-49-47-45-43-41-39-37-30-28-26-24-22-20-18-16-14-12-10-8-6-4-2)68-100-84-80(98)77(95)82(72(66-89)102-84)105-86-81(99)78(96)83(73(67-90)103-86)104-85-79(97)76(94)75(93)71(65-88)101-85/h5,7,11,13,17,19,23,25,69-73,75-86,88-91,93-99H,3-4,6,8-10,12,14-16,18,20-22,24,26-68H2,1-2H3,(H,87,92)/b7-5-,13-11-,19-17-,25-23-. The molecule has 19 heteroatoms. The average molecular weight is 1500 g/mol. The zero-order valence-electron chi connectivity index (χ0n) is 66.2. The van der Waals surface area contributed by atoms with Gasteiger partial charge in [0.25, 0.3) is 0 Å². The molecule has 3 heterocycles. The molecule has 0 radical (unpaired) electrons. The van der Waals surface area contributed by atoms with Crippen molar-refractivity contribution in [3.05, 3.63) is 48.6 Å². The Kier molecular flexibility index (Phi) is 61.3. The normalized spacial score (nSPS) is 26.0. The second-order valence-corrected chi connectivity index (χ2v) is 31.0. The number of carbonyl (C=O) groups excluding carboxylic acids is 1. The molecule has 17 atom stereocenters. The number of amides is 1. The van der Waals surface area contributed by atoms with Crippen LogP contribution in [0.4, 0.5) is 0 Å². The number of unbranched alkanes of at least 4 members (excludes halogenated alkanes) is 46. The summed E-state index contributed by atoms with van der Waals surface area (Å²) in [6.45, 7) is 1.75. The van der Waals surface area contributed by atoms with Crippen LogP contribution >= 0.6 is 0 Å². The van der Waals surface area contributed by atoms with E-state index < -0.39 is 124 Å². The summed E-state index contributed by atoms with van der Waals surface area (Å²) in [7, 11) is 0. The minimum atomic E-state index is -1.97. The van der Waals surface area contributed by atoms with E-state index in [-0.39, 0.29) is 18.9 Å². The third kappa shape index (κ3) is 45.8. The highest BCUT2D eigenvalue weighted by molar-refractivity contribution is 5.76. The van der Waals surface area contributed by atoms with Crippen molar-refractivity contribution < 1.29 is 89.4 Å². The van der Waals surface area contributed by atoms with Crippen LogP contribution in [0.25, 0.3) is 0 Å². The molecule has 616 valence electrons. The van der Waals surface area contributed by atoms with E-state index >= 15 is 0 Å². The first-order valence-electron chi connectivity index (χ1n) is 43.4. The third-order valence-corrected chi connectivity index (χ3v) is 21.7. The lowest BCUT2D eigenvalue weighted by molar-refractivity contribution is -0.379. The first kappa shape index (κ1) is 96.9. The number of aliphatic hydroxyl groups excluding tert-OH is 11. The minimum Gasteiger partial charge on any atom is -0.394 e. The van der Waals surface area contributed by atoms with E-state index in [0.717, 1.165) is 70.6 Å². The van der Waals surface area contributed by atoms with Crippen LogP contribution in [0.3, 0.4) is 0 Å². The summed E-state index contributed by atoms with van der Waals surface area (Å²) in [5.41, 5.74) is 0. The number of hydrogen-bond acceptors (Lipinski definition) is 18. The summed E-state index contributed by atoms with van der Waals surface area (Å²) in [6.07, 6.45) is 57.8. The summed E-state index contributed by atoms with van der Waals surface area (Å²) in [4.78, 5) is 13.5. The Morgan fingerprint density at radius 2 is 0.657 bits per heavy atom. The van der Waals surface area contributed by atoms with Crippen molar-refractivity contribution in [2.24, 2.45) is 0 Å². The maximum Gasteiger partial charge on any atom is 0.220 e. The SMILES string of the molecule is CC/C=C\C/C=C\C/C=C\C/C=C\CCCCCCCCCCCCCCCCCCCCCCC(=O)NC(COC1OC(CO)C(OC2OC(CO)C(OC3OC(CO)C(O)C(O)C3O)C(O)C2O)C(O)C1O)C(O)CCCCCCCCCCCCCCCCCCCCCCCCCCCCC. The highest BCUT2D eigenvalue weighted by Gasteiger charge is 2.54. The maximum absolute atomic E-state index is 13.5. The molecule has 0 aromatic heterocycles. The molecule has 105 heavy (non-hydrogen) atoms. The molecule has 19 nitrogen and oxygen atoms in total. The van der Waals surface area contributed by atoms with Gasteiger partial charge in [0, 0.05) is 6.42 Å². The molecule has 12 N–H and O–H groups in total. The number of allylic oxidation sites excluding steroid dienone is 8.